The third-order valence-electron chi connectivity index (χ3n) is 3.28. The predicted molar refractivity (Wildman–Crippen MR) is 62.9 cm³/mol. The number of halogens is 1. The van der Waals surface area contributed by atoms with Gasteiger partial charge in [-0.1, -0.05) is 6.07 Å². The smallest absolute Gasteiger partial charge is 0.122 e. The fourth-order valence-electron chi connectivity index (χ4n) is 2.47. The first-order valence-electron chi connectivity index (χ1n) is 5.36. The van der Waals surface area contributed by atoms with Crippen LogP contribution in [0.25, 0.3) is 0 Å². The summed E-state index contributed by atoms with van der Waals surface area (Å²) in [5.74, 6) is 1.10. The van der Waals surface area contributed by atoms with Crippen molar-refractivity contribution >= 4 is 12.4 Å². The highest BCUT2D eigenvalue weighted by Crippen LogP contribution is 2.32. The van der Waals surface area contributed by atoms with E-state index in [-0.39, 0.29) is 12.4 Å². The number of fused-ring (bicyclic) bond motifs is 2. The predicted octanol–water partition coefficient (Wildman–Crippen LogP) is 1.86. The molecular weight excluding hydrogens is 210 g/mol. The largest absolute Gasteiger partial charge is 0.493 e. The van der Waals surface area contributed by atoms with Crippen molar-refractivity contribution in [3.05, 3.63) is 28.8 Å². The summed E-state index contributed by atoms with van der Waals surface area (Å²) in [7, 11) is 0. The maximum Gasteiger partial charge on any atom is 0.122 e. The molecule has 0 radical (unpaired) electrons. The molecule has 1 aliphatic heterocycles. The molecule has 2 N–H and O–H groups in total. The van der Waals surface area contributed by atoms with Gasteiger partial charge in [-0.3, -0.25) is 0 Å². The highest BCUT2D eigenvalue weighted by atomic mass is 35.5. The zero-order valence-electron chi connectivity index (χ0n) is 8.66. The summed E-state index contributed by atoms with van der Waals surface area (Å²) >= 11 is 0. The van der Waals surface area contributed by atoms with Crippen LogP contribution in [-0.2, 0) is 19.3 Å². The van der Waals surface area contributed by atoms with E-state index in [0.717, 1.165) is 38.0 Å². The van der Waals surface area contributed by atoms with Crippen LogP contribution in [-0.4, -0.2) is 12.6 Å². The van der Waals surface area contributed by atoms with Gasteiger partial charge in [0, 0.05) is 12.5 Å². The van der Waals surface area contributed by atoms with Crippen LogP contribution < -0.4 is 10.5 Å². The highest BCUT2D eigenvalue weighted by Gasteiger charge is 2.20. The summed E-state index contributed by atoms with van der Waals surface area (Å²) in [5.41, 5.74) is 10.2. The Morgan fingerprint density at radius 3 is 2.87 bits per heavy atom. The molecule has 2 aliphatic rings. The second kappa shape index (κ2) is 4.03. The lowest BCUT2D eigenvalue weighted by Crippen LogP contribution is -2.27. The molecule has 1 aliphatic carbocycles. The SMILES string of the molecule is Cl.NC1CCc2cc3c(cc2C1)OCC3. The number of benzene rings is 1. The first-order valence-corrected chi connectivity index (χ1v) is 5.36. The quantitative estimate of drug-likeness (QED) is 0.732. The number of hydrogen-bond acceptors (Lipinski definition) is 2. The van der Waals surface area contributed by atoms with Crippen molar-refractivity contribution in [2.45, 2.75) is 31.7 Å². The maximum absolute atomic E-state index is 5.95. The Kier molecular flexibility index (Phi) is 2.89. The molecule has 3 heteroatoms. The first-order chi connectivity index (χ1) is 6.83. The van der Waals surface area contributed by atoms with Crippen molar-refractivity contribution in [2.24, 2.45) is 5.73 Å². The molecule has 0 saturated carbocycles. The van der Waals surface area contributed by atoms with E-state index in [1.165, 1.54) is 16.7 Å². The molecule has 0 aromatic heterocycles. The zero-order valence-corrected chi connectivity index (χ0v) is 9.48. The van der Waals surface area contributed by atoms with Gasteiger partial charge in [0.2, 0.25) is 0 Å². The number of aryl methyl sites for hydroxylation is 1. The molecule has 1 unspecified atom stereocenters. The fourth-order valence-corrected chi connectivity index (χ4v) is 2.47. The number of hydrogen-bond donors (Lipinski definition) is 1. The molecular formula is C12H16ClNO. The molecule has 0 bridgehead atoms. The summed E-state index contributed by atoms with van der Waals surface area (Å²) in [6.45, 7) is 0.851. The number of rotatable bonds is 0. The van der Waals surface area contributed by atoms with E-state index in [0.29, 0.717) is 6.04 Å². The molecule has 1 aromatic rings. The second-order valence-electron chi connectivity index (χ2n) is 4.33. The Labute approximate surface area is 96.2 Å². The van der Waals surface area contributed by atoms with Crippen molar-refractivity contribution < 1.29 is 4.74 Å². The maximum atomic E-state index is 5.95. The standard InChI is InChI=1S/C12H15NO.ClH/c13-11-2-1-8-5-9-3-4-14-12(9)7-10(8)6-11;/h5,7,11H,1-4,6,13H2;1H. The van der Waals surface area contributed by atoms with Gasteiger partial charge in [-0.15, -0.1) is 12.4 Å². The molecule has 15 heavy (non-hydrogen) atoms. The van der Waals surface area contributed by atoms with Crippen LogP contribution >= 0.6 is 12.4 Å². The van der Waals surface area contributed by atoms with Crippen LogP contribution in [0.15, 0.2) is 12.1 Å². The topological polar surface area (TPSA) is 35.2 Å². The third kappa shape index (κ3) is 1.84. The molecule has 82 valence electrons. The lowest BCUT2D eigenvalue weighted by atomic mass is 9.87. The van der Waals surface area contributed by atoms with Gasteiger partial charge in [-0.25, -0.2) is 0 Å². The minimum Gasteiger partial charge on any atom is -0.493 e. The van der Waals surface area contributed by atoms with Crippen molar-refractivity contribution in [1.29, 1.82) is 0 Å². The molecule has 0 amide bonds. The zero-order chi connectivity index (χ0) is 9.54. The minimum absolute atomic E-state index is 0. The Balaban J connectivity index is 0.000000853. The molecule has 0 saturated heterocycles. The molecule has 2 nitrogen and oxygen atoms in total. The van der Waals surface area contributed by atoms with Gasteiger partial charge < -0.3 is 10.5 Å². The monoisotopic (exact) mass is 225 g/mol. The molecule has 0 fully saturated rings. The average Bonchev–Trinajstić information content (AvgIpc) is 2.61. The van der Waals surface area contributed by atoms with Gasteiger partial charge in [0.05, 0.1) is 6.61 Å². The number of ether oxygens (including phenoxy) is 1. The first kappa shape index (κ1) is 10.8. The molecule has 3 rings (SSSR count). The van der Waals surface area contributed by atoms with Crippen LogP contribution in [0.5, 0.6) is 5.75 Å². The average molecular weight is 226 g/mol. The Bertz CT molecular complexity index is 378. The van der Waals surface area contributed by atoms with Crippen molar-refractivity contribution in [3.63, 3.8) is 0 Å². The summed E-state index contributed by atoms with van der Waals surface area (Å²) in [4.78, 5) is 0. The summed E-state index contributed by atoms with van der Waals surface area (Å²) in [6.07, 6.45) is 4.37. The van der Waals surface area contributed by atoms with Crippen LogP contribution in [0.1, 0.15) is 23.1 Å². The van der Waals surface area contributed by atoms with E-state index in [1.807, 2.05) is 0 Å². The second-order valence-corrected chi connectivity index (χ2v) is 4.33. The van der Waals surface area contributed by atoms with Gasteiger partial charge in [0.15, 0.2) is 0 Å². The summed E-state index contributed by atoms with van der Waals surface area (Å²) in [5, 5.41) is 0. The van der Waals surface area contributed by atoms with E-state index < -0.39 is 0 Å². The lowest BCUT2D eigenvalue weighted by molar-refractivity contribution is 0.356. The lowest BCUT2D eigenvalue weighted by Gasteiger charge is -2.22. The highest BCUT2D eigenvalue weighted by molar-refractivity contribution is 5.85. The summed E-state index contributed by atoms with van der Waals surface area (Å²) in [6, 6.07) is 4.88. The van der Waals surface area contributed by atoms with Crippen LogP contribution in [0.2, 0.25) is 0 Å². The van der Waals surface area contributed by atoms with E-state index in [4.69, 9.17) is 10.5 Å². The third-order valence-corrected chi connectivity index (χ3v) is 3.28. The van der Waals surface area contributed by atoms with Crippen LogP contribution in [0.4, 0.5) is 0 Å². The molecule has 1 heterocycles. The fraction of sp³-hybridized carbons (Fsp3) is 0.500. The van der Waals surface area contributed by atoms with E-state index in [1.54, 1.807) is 0 Å². The van der Waals surface area contributed by atoms with Crippen molar-refractivity contribution in [1.82, 2.24) is 0 Å². The minimum atomic E-state index is 0. The van der Waals surface area contributed by atoms with Gasteiger partial charge in [0.1, 0.15) is 5.75 Å². The van der Waals surface area contributed by atoms with E-state index in [9.17, 15) is 0 Å². The Hall–Kier alpha value is -0.730. The summed E-state index contributed by atoms with van der Waals surface area (Å²) < 4.78 is 5.56. The van der Waals surface area contributed by atoms with Gasteiger partial charge in [-0.2, -0.15) is 0 Å². The Morgan fingerprint density at radius 1 is 1.13 bits per heavy atom. The molecule has 1 atom stereocenters. The van der Waals surface area contributed by atoms with Gasteiger partial charge >= 0.3 is 0 Å². The van der Waals surface area contributed by atoms with Crippen LogP contribution in [0, 0.1) is 0 Å². The molecule has 1 aromatic carbocycles. The van der Waals surface area contributed by atoms with Gasteiger partial charge in [0.25, 0.3) is 0 Å². The van der Waals surface area contributed by atoms with Crippen LogP contribution in [0.3, 0.4) is 0 Å². The number of nitrogens with two attached hydrogens (primary N) is 1. The Morgan fingerprint density at radius 2 is 2.00 bits per heavy atom. The van der Waals surface area contributed by atoms with Crippen molar-refractivity contribution in [3.8, 4) is 5.75 Å². The van der Waals surface area contributed by atoms with E-state index >= 15 is 0 Å². The van der Waals surface area contributed by atoms with Gasteiger partial charge in [-0.05, 0) is 42.0 Å². The molecule has 0 spiro atoms. The van der Waals surface area contributed by atoms with E-state index in [2.05, 4.69) is 12.1 Å². The van der Waals surface area contributed by atoms with Crippen molar-refractivity contribution in [2.75, 3.05) is 6.61 Å². The normalized spacial score (nSPS) is 22.3.